The molecule has 0 aromatic carbocycles. The summed E-state index contributed by atoms with van der Waals surface area (Å²) in [6, 6.07) is 0. The van der Waals surface area contributed by atoms with Crippen LogP contribution >= 0.6 is 0 Å². The van der Waals surface area contributed by atoms with Gasteiger partial charge in [-0.05, 0) is 63.5 Å². The molecule has 1 aliphatic carbocycles. The molecule has 1 aliphatic rings. The van der Waals surface area contributed by atoms with Crippen LogP contribution in [0, 0.1) is 5.92 Å². The summed E-state index contributed by atoms with van der Waals surface area (Å²) in [6.07, 6.45) is 10.8. The maximum Gasteiger partial charge on any atom is 0.105 e. The Hall–Kier alpha value is -1.12. The molecule has 0 radical (unpaired) electrons. The van der Waals surface area contributed by atoms with Crippen LogP contribution in [0.25, 0.3) is 0 Å². The molecule has 0 unspecified atom stereocenters. The van der Waals surface area contributed by atoms with E-state index >= 15 is 0 Å². The van der Waals surface area contributed by atoms with Gasteiger partial charge in [0.05, 0.1) is 0 Å². The van der Waals surface area contributed by atoms with Gasteiger partial charge in [-0.1, -0.05) is 49.3 Å². The lowest BCUT2D eigenvalue weighted by atomic mass is 9.90. The lowest BCUT2D eigenvalue weighted by Crippen LogP contribution is -2.30. The number of rotatable bonds is 1. The molecule has 2 N–H and O–H groups in total. The Morgan fingerprint density at radius 1 is 0.864 bits per heavy atom. The van der Waals surface area contributed by atoms with E-state index in [1.165, 1.54) is 11.1 Å². The highest BCUT2D eigenvalue weighted by Crippen LogP contribution is 2.22. The van der Waals surface area contributed by atoms with E-state index < -0.39 is 12.2 Å². The number of aliphatic hydroxyl groups is 2. The van der Waals surface area contributed by atoms with Crippen molar-refractivity contribution >= 4 is 0 Å². The van der Waals surface area contributed by atoms with Crippen molar-refractivity contribution in [3.8, 4) is 0 Å². The molecule has 0 fully saturated rings. The predicted octanol–water partition coefficient (Wildman–Crippen LogP) is 4.70. The normalized spacial score (nSPS) is 35.3. The van der Waals surface area contributed by atoms with Crippen molar-refractivity contribution in [1.82, 2.24) is 0 Å². The monoisotopic (exact) mass is 304 g/mol. The molecule has 0 bridgehead atoms. The Bertz CT molecular complexity index is 478. The summed E-state index contributed by atoms with van der Waals surface area (Å²) >= 11 is 0. The first-order valence-electron chi connectivity index (χ1n) is 8.38. The SMILES string of the molecule is C/C1=C\C=C(\C(C)C)[C@@H](O)[C@@H](O)/C(C)=C/CC/C(C)=C/CC1. The van der Waals surface area contributed by atoms with Gasteiger partial charge in [-0.2, -0.15) is 0 Å². The number of allylic oxidation sites excluding steroid dienone is 6. The van der Waals surface area contributed by atoms with E-state index in [1.807, 2.05) is 13.0 Å². The zero-order valence-electron chi connectivity index (χ0n) is 14.8. The molecule has 0 heterocycles. The molecule has 0 saturated carbocycles. The highest BCUT2D eigenvalue weighted by Gasteiger charge is 2.23. The van der Waals surface area contributed by atoms with Crippen LogP contribution in [0.2, 0.25) is 0 Å². The van der Waals surface area contributed by atoms with Gasteiger partial charge < -0.3 is 10.2 Å². The molecular formula is C20H32O2. The minimum absolute atomic E-state index is 0.205. The maximum absolute atomic E-state index is 10.5. The summed E-state index contributed by atoms with van der Waals surface area (Å²) in [5.74, 6) is 0.205. The number of hydrogen-bond acceptors (Lipinski definition) is 2. The zero-order chi connectivity index (χ0) is 16.7. The first-order chi connectivity index (χ1) is 10.3. The molecule has 124 valence electrons. The Kier molecular flexibility index (Phi) is 7.84. The molecule has 2 nitrogen and oxygen atoms in total. The van der Waals surface area contributed by atoms with Gasteiger partial charge in [-0.3, -0.25) is 0 Å². The van der Waals surface area contributed by atoms with Gasteiger partial charge in [0, 0.05) is 0 Å². The van der Waals surface area contributed by atoms with Crippen molar-refractivity contribution in [2.24, 2.45) is 5.92 Å². The first-order valence-corrected chi connectivity index (χ1v) is 8.38. The Morgan fingerprint density at radius 2 is 1.45 bits per heavy atom. The first kappa shape index (κ1) is 18.9. The highest BCUT2D eigenvalue weighted by molar-refractivity contribution is 5.25. The van der Waals surface area contributed by atoms with Crippen LogP contribution in [0.4, 0.5) is 0 Å². The van der Waals surface area contributed by atoms with E-state index in [-0.39, 0.29) is 5.92 Å². The average Bonchev–Trinajstić information content (AvgIpc) is 2.45. The van der Waals surface area contributed by atoms with Crippen molar-refractivity contribution in [3.63, 3.8) is 0 Å². The minimum Gasteiger partial charge on any atom is -0.386 e. The van der Waals surface area contributed by atoms with Crippen molar-refractivity contribution in [2.45, 2.75) is 72.5 Å². The minimum atomic E-state index is -0.833. The Labute approximate surface area is 135 Å². The fourth-order valence-corrected chi connectivity index (χ4v) is 2.68. The largest absolute Gasteiger partial charge is 0.386 e. The third kappa shape index (κ3) is 5.94. The van der Waals surface area contributed by atoms with Gasteiger partial charge >= 0.3 is 0 Å². The summed E-state index contributed by atoms with van der Waals surface area (Å²) in [4.78, 5) is 0. The summed E-state index contributed by atoms with van der Waals surface area (Å²) in [5, 5.41) is 20.9. The lowest BCUT2D eigenvalue weighted by molar-refractivity contribution is 0.0603. The lowest BCUT2D eigenvalue weighted by Gasteiger charge is -2.24. The third-order valence-electron chi connectivity index (χ3n) is 4.37. The topological polar surface area (TPSA) is 40.5 Å². The summed E-state index contributed by atoms with van der Waals surface area (Å²) < 4.78 is 0. The van der Waals surface area contributed by atoms with E-state index in [2.05, 4.69) is 45.9 Å². The fourth-order valence-electron chi connectivity index (χ4n) is 2.68. The number of aliphatic hydroxyl groups excluding tert-OH is 2. The van der Waals surface area contributed by atoms with Gasteiger partial charge in [-0.15, -0.1) is 0 Å². The standard InChI is InChI=1S/C20H32O2/c1-14(2)18-13-12-16(4)9-6-8-15(3)10-7-11-17(5)19(21)20(18)22/h8,11-14,19-22H,6-7,9-10H2,1-5H3/b15-8+,16-12+,17-11+,18-13-/t19-,20+/m0/s1. The second kappa shape index (κ2) is 9.12. The van der Waals surface area contributed by atoms with E-state index in [1.54, 1.807) is 0 Å². The molecule has 22 heavy (non-hydrogen) atoms. The second-order valence-corrected chi connectivity index (χ2v) is 6.80. The third-order valence-corrected chi connectivity index (χ3v) is 4.37. The van der Waals surface area contributed by atoms with Crippen LogP contribution in [0.3, 0.4) is 0 Å². The van der Waals surface area contributed by atoms with Crippen molar-refractivity contribution in [2.75, 3.05) is 0 Å². The molecule has 0 spiro atoms. The molecule has 0 saturated heterocycles. The van der Waals surface area contributed by atoms with Gasteiger partial charge in [-0.25, -0.2) is 0 Å². The molecule has 0 amide bonds. The fraction of sp³-hybridized carbons (Fsp3) is 0.600. The highest BCUT2D eigenvalue weighted by atomic mass is 16.3. The van der Waals surface area contributed by atoms with Crippen LogP contribution < -0.4 is 0 Å². The second-order valence-electron chi connectivity index (χ2n) is 6.80. The van der Waals surface area contributed by atoms with Crippen molar-refractivity contribution < 1.29 is 10.2 Å². The molecule has 0 aromatic heterocycles. The molecule has 2 atom stereocenters. The van der Waals surface area contributed by atoms with Crippen molar-refractivity contribution in [1.29, 1.82) is 0 Å². The van der Waals surface area contributed by atoms with Gasteiger partial charge in [0.1, 0.15) is 12.2 Å². The van der Waals surface area contributed by atoms with Crippen LogP contribution in [-0.4, -0.2) is 22.4 Å². The van der Waals surface area contributed by atoms with Crippen molar-refractivity contribution in [3.05, 3.63) is 46.6 Å². The van der Waals surface area contributed by atoms with Gasteiger partial charge in [0.2, 0.25) is 0 Å². The van der Waals surface area contributed by atoms with Gasteiger partial charge in [0.15, 0.2) is 0 Å². The summed E-state index contributed by atoms with van der Waals surface area (Å²) in [5.41, 5.74) is 4.43. The predicted molar refractivity (Wildman–Crippen MR) is 94.7 cm³/mol. The van der Waals surface area contributed by atoms with Crippen LogP contribution in [-0.2, 0) is 0 Å². The molecular weight excluding hydrogens is 272 g/mol. The smallest absolute Gasteiger partial charge is 0.105 e. The van der Waals surface area contributed by atoms with Gasteiger partial charge in [0.25, 0.3) is 0 Å². The van der Waals surface area contributed by atoms with E-state index in [0.29, 0.717) is 0 Å². The Balaban J connectivity index is 3.13. The quantitative estimate of drug-likeness (QED) is 0.689. The molecule has 1 rings (SSSR count). The molecule has 0 aliphatic heterocycles. The summed E-state index contributed by atoms with van der Waals surface area (Å²) in [7, 11) is 0. The molecule has 0 aromatic rings. The maximum atomic E-state index is 10.5. The zero-order valence-corrected chi connectivity index (χ0v) is 14.8. The summed E-state index contributed by atoms with van der Waals surface area (Å²) in [6.45, 7) is 10.3. The molecule has 2 heteroatoms. The Morgan fingerprint density at radius 3 is 2.09 bits per heavy atom. The average molecular weight is 304 g/mol. The van der Waals surface area contributed by atoms with E-state index in [4.69, 9.17) is 0 Å². The van der Waals surface area contributed by atoms with Crippen LogP contribution in [0.15, 0.2) is 46.6 Å². The van der Waals surface area contributed by atoms with E-state index in [9.17, 15) is 10.2 Å². The number of hydrogen-bond donors (Lipinski definition) is 2. The van der Waals surface area contributed by atoms with E-state index in [0.717, 1.165) is 36.8 Å². The van der Waals surface area contributed by atoms with Crippen LogP contribution in [0.5, 0.6) is 0 Å². The van der Waals surface area contributed by atoms with Crippen LogP contribution in [0.1, 0.15) is 60.3 Å².